The highest BCUT2D eigenvalue weighted by molar-refractivity contribution is 5.70. The summed E-state index contributed by atoms with van der Waals surface area (Å²) in [5, 5.41) is 18.2. The zero-order valence-corrected chi connectivity index (χ0v) is 13.7. The first kappa shape index (κ1) is 16.4. The van der Waals surface area contributed by atoms with Gasteiger partial charge in [0.15, 0.2) is 5.82 Å². The molecule has 0 radical (unpaired) electrons. The third-order valence-corrected chi connectivity index (χ3v) is 3.63. The normalized spacial score (nSPS) is 10.5. The number of nitro groups is 1. The van der Waals surface area contributed by atoms with Crippen LogP contribution in [0.3, 0.4) is 0 Å². The lowest BCUT2D eigenvalue weighted by atomic mass is 10.1. The Morgan fingerprint density at radius 1 is 1.28 bits per heavy atom. The van der Waals surface area contributed by atoms with Crippen LogP contribution in [0.4, 0.5) is 11.4 Å². The maximum Gasteiger partial charge on any atom is 0.293 e. The molecule has 0 bridgehead atoms. The molecule has 0 aliphatic rings. The maximum atomic E-state index is 11.4. The first-order chi connectivity index (χ1) is 12.1. The van der Waals surface area contributed by atoms with Crippen LogP contribution in [-0.4, -0.2) is 22.2 Å². The summed E-state index contributed by atoms with van der Waals surface area (Å²) in [6.07, 6.45) is 0. The maximum absolute atomic E-state index is 11.4. The van der Waals surface area contributed by atoms with Gasteiger partial charge in [0.05, 0.1) is 12.0 Å². The van der Waals surface area contributed by atoms with E-state index in [4.69, 9.17) is 9.26 Å². The van der Waals surface area contributed by atoms with Gasteiger partial charge in [-0.05, 0) is 25.1 Å². The number of nitrogens with zero attached hydrogens (tertiary/aromatic N) is 3. The fourth-order valence-electron chi connectivity index (χ4n) is 2.42. The number of nitrogens with one attached hydrogen (secondary N) is 1. The van der Waals surface area contributed by atoms with E-state index in [9.17, 15) is 10.1 Å². The smallest absolute Gasteiger partial charge is 0.293 e. The predicted molar refractivity (Wildman–Crippen MR) is 91.4 cm³/mol. The minimum Gasteiger partial charge on any atom is -0.496 e. The molecule has 1 heterocycles. The minimum absolute atomic E-state index is 0.0664. The Hall–Kier alpha value is -3.42. The van der Waals surface area contributed by atoms with E-state index in [-0.39, 0.29) is 11.6 Å². The number of aromatic nitrogens is 2. The van der Waals surface area contributed by atoms with Gasteiger partial charge in [-0.2, -0.15) is 4.98 Å². The van der Waals surface area contributed by atoms with Gasteiger partial charge in [0, 0.05) is 23.7 Å². The molecule has 0 saturated heterocycles. The van der Waals surface area contributed by atoms with E-state index in [0.29, 0.717) is 23.6 Å². The fourth-order valence-corrected chi connectivity index (χ4v) is 2.42. The highest BCUT2D eigenvalue weighted by Crippen LogP contribution is 2.31. The number of rotatable bonds is 6. The average Bonchev–Trinajstić information content (AvgIpc) is 3.06. The van der Waals surface area contributed by atoms with Crippen molar-refractivity contribution in [2.75, 3.05) is 12.4 Å². The molecule has 0 unspecified atom stereocenters. The van der Waals surface area contributed by atoms with Crippen LogP contribution in [0, 0.1) is 17.0 Å². The molecular weight excluding hydrogens is 324 g/mol. The summed E-state index contributed by atoms with van der Waals surface area (Å²) in [6, 6.07) is 12.2. The number of anilines is 1. The summed E-state index contributed by atoms with van der Waals surface area (Å²) in [5.74, 6) is 1.43. The Kier molecular flexibility index (Phi) is 4.60. The van der Waals surface area contributed by atoms with Crippen LogP contribution in [0.25, 0.3) is 11.5 Å². The zero-order valence-electron chi connectivity index (χ0n) is 13.7. The number of aryl methyl sites for hydroxylation is 1. The molecule has 0 fully saturated rings. The number of methoxy groups -OCH3 is 1. The van der Waals surface area contributed by atoms with Crippen molar-refractivity contribution < 1.29 is 14.2 Å². The van der Waals surface area contributed by atoms with Crippen molar-refractivity contribution in [2.45, 2.75) is 13.5 Å². The Morgan fingerprint density at radius 2 is 2.08 bits per heavy atom. The Morgan fingerprint density at radius 3 is 2.76 bits per heavy atom. The number of nitro benzene ring substituents is 1. The highest BCUT2D eigenvalue weighted by Gasteiger charge is 2.18. The zero-order chi connectivity index (χ0) is 17.8. The van der Waals surface area contributed by atoms with Crippen molar-refractivity contribution in [3.05, 3.63) is 64.0 Å². The Labute approximate surface area is 143 Å². The molecule has 0 spiro atoms. The van der Waals surface area contributed by atoms with E-state index in [1.165, 1.54) is 6.07 Å². The number of hydrogen-bond donors (Lipinski definition) is 1. The van der Waals surface area contributed by atoms with Crippen molar-refractivity contribution in [1.82, 2.24) is 10.1 Å². The lowest BCUT2D eigenvalue weighted by Gasteiger charge is -2.11. The molecule has 0 saturated carbocycles. The second kappa shape index (κ2) is 7.00. The van der Waals surface area contributed by atoms with Crippen LogP contribution in [0.15, 0.2) is 47.0 Å². The third-order valence-electron chi connectivity index (χ3n) is 3.63. The Bertz CT molecular complexity index is 907. The average molecular weight is 340 g/mol. The molecule has 0 amide bonds. The van der Waals surface area contributed by atoms with Crippen molar-refractivity contribution in [3.63, 3.8) is 0 Å². The summed E-state index contributed by atoms with van der Waals surface area (Å²) in [7, 11) is 1.59. The van der Waals surface area contributed by atoms with Crippen molar-refractivity contribution >= 4 is 11.4 Å². The van der Waals surface area contributed by atoms with Crippen LogP contribution in [0.5, 0.6) is 5.75 Å². The van der Waals surface area contributed by atoms with Gasteiger partial charge < -0.3 is 14.6 Å². The van der Waals surface area contributed by atoms with Gasteiger partial charge in [0.1, 0.15) is 11.4 Å². The number of ether oxygens (including phenoxy) is 1. The van der Waals surface area contributed by atoms with Crippen LogP contribution >= 0.6 is 0 Å². The SMILES string of the molecule is COc1ccccc1CNc1ccc(-c2nc(C)no2)cc1[N+](=O)[O-]. The Balaban J connectivity index is 1.87. The lowest BCUT2D eigenvalue weighted by Crippen LogP contribution is -2.04. The minimum atomic E-state index is -0.447. The van der Waals surface area contributed by atoms with Crippen LogP contribution < -0.4 is 10.1 Å². The van der Waals surface area contributed by atoms with Crippen LogP contribution in [-0.2, 0) is 6.54 Å². The van der Waals surface area contributed by atoms with E-state index in [0.717, 1.165) is 11.3 Å². The molecule has 1 aromatic heterocycles. The molecule has 1 N–H and O–H groups in total. The molecule has 8 nitrogen and oxygen atoms in total. The topological polar surface area (TPSA) is 103 Å². The summed E-state index contributed by atoms with van der Waals surface area (Å²) >= 11 is 0. The van der Waals surface area contributed by atoms with E-state index < -0.39 is 4.92 Å². The molecule has 25 heavy (non-hydrogen) atoms. The van der Waals surface area contributed by atoms with E-state index in [2.05, 4.69) is 15.5 Å². The molecule has 0 aliphatic heterocycles. The fraction of sp³-hybridized carbons (Fsp3) is 0.176. The van der Waals surface area contributed by atoms with Gasteiger partial charge in [-0.1, -0.05) is 23.4 Å². The van der Waals surface area contributed by atoms with E-state index in [1.54, 1.807) is 26.2 Å². The molecule has 0 aliphatic carbocycles. The van der Waals surface area contributed by atoms with Gasteiger partial charge >= 0.3 is 0 Å². The first-order valence-corrected chi connectivity index (χ1v) is 7.53. The van der Waals surface area contributed by atoms with Crippen molar-refractivity contribution in [2.24, 2.45) is 0 Å². The van der Waals surface area contributed by atoms with Crippen molar-refractivity contribution in [3.8, 4) is 17.2 Å². The van der Waals surface area contributed by atoms with Gasteiger partial charge in [0.2, 0.25) is 0 Å². The summed E-state index contributed by atoms with van der Waals surface area (Å²) in [5.41, 5.74) is 1.73. The lowest BCUT2D eigenvalue weighted by molar-refractivity contribution is -0.383. The first-order valence-electron chi connectivity index (χ1n) is 7.53. The monoisotopic (exact) mass is 340 g/mol. The van der Waals surface area contributed by atoms with Gasteiger partial charge in [-0.15, -0.1) is 0 Å². The molecule has 2 aromatic carbocycles. The molecule has 0 atom stereocenters. The van der Waals surface area contributed by atoms with Crippen LogP contribution in [0.2, 0.25) is 0 Å². The van der Waals surface area contributed by atoms with Crippen LogP contribution in [0.1, 0.15) is 11.4 Å². The standard InChI is InChI=1S/C17H16N4O4/c1-11-19-17(25-20-11)12-7-8-14(15(9-12)21(22)23)18-10-13-5-3-4-6-16(13)24-2/h3-9,18H,10H2,1-2H3. The summed E-state index contributed by atoms with van der Waals surface area (Å²) in [4.78, 5) is 15.1. The second-order valence-corrected chi connectivity index (χ2v) is 5.30. The highest BCUT2D eigenvalue weighted by atomic mass is 16.6. The number of hydrogen-bond acceptors (Lipinski definition) is 7. The molecule has 3 aromatic rings. The molecule has 128 valence electrons. The van der Waals surface area contributed by atoms with Gasteiger partial charge in [-0.3, -0.25) is 10.1 Å². The molecule has 3 rings (SSSR count). The number of benzene rings is 2. The molecule has 8 heteroatoms. The van der Waals surface area contributed by atoms with E-state index >= 15 is 0 Å². The summed E-state index contributed by atoms with van der Waals surface area (Å²) in [6.45, 7) is 2.08. The summed E-state index contributed by atoms with van der Waals surface area (Å²) < 4.78 is 10.4. The quantitative estimate of drug-likeness (QED) is 0.540. The second-order valence-electron chi connectivity index (χ2n) is 5.30. The predicted octanol–water partition coefficient (Wildman–Crippen LogP) is 3.57. The third kappa shape index (κ3) is 3.57. The van der Waals surface area contributed by atoms with Gasteiger partial charge in [-0.25, -0.2) is 0 Å². The van der Waals surface area contributed by atoms with Gasteiger partial charge in [0.25, 0.3) is 11.6 Å². The van der Waals surface area contributed by atoms with Crippen molar-refractivity contribution in [1.29, 1.82) is 0 Å². The van der Waals surface area contributed by atoms with E-state index in [1.807, 2.05) is 24.3 Å². The largest absolute Gasteiger partial charge is 0.496 e. The number of para-hydroxylation sites is 1. The molecular formula is C17H16N4O4.